The Morgan fingerprint density at radius 3 is 2.42 bits per heavy atom. The van der Waals surface area contributed by atoms with Gasteiger partial charge in [-0.3, -0.25) is 9.59 Å². The molecule has 0 radical (unpaired) electrons. The van der Waals surface area contributed by atoms with Crippen LogP contribution < -0.4 is 4.74 Å². The first-order valence-corrected chi connectivity index (χ1v) is 8.07. The van der Waals surface area contributed by atoms with Crippen molar-refractivity contribution in [3.8, 4) is 5.75 Å². The highest BCUT2D eigenvalue weighted by Crippen LogP contribution is 2.26. The fourth-order valence-electron chi connectivity index (χ4n) is 2.61. The number of carbonyl (C=O) groups excluding carboxylic acids is 1. The topological polar surface area (TPSA) is 66.8 Å². The summed E-state index contributed by atoms with van der Waals surface area (Å²) in [6, 6.07) is 13.4. The van der Waals surface area contributed by atoms with Crippen LogP contribution in [0.1, 0.15) is 27.2 Å². The smallest absolute Gasteiger partial charge is 0.305 e. The molecule has 1 unspecified atom stereocenters. The summed E-state index contributed by atoms with van der Waals surface area (Å²) in [6.07, 6.45) is -0.766. The van der Waals surface area contributed by atoms with Gasteiger partial charge in [0.2, 0.25) is 0 Å². The lowest BCUT2D eigenvalue weighted by molar-refractivity contribution is -0.142. The molecule has 0 aliphatic heterocycles. The van der Waals surface area contributed by atoms with E-state index in [4.69, 9.17) is 9.84 Å². The fraction of sp³-hybridized carbons (Fsp3) is 0.368. The molecule has 2 aromatic rings. The first kappa shape index (κ1) is 17.8. The minimum Gasteiger partial charge on any atom is -0.481 e. The number of aliphatic carboxylic acids is 1. The first-order valence-electron chi connectivity index (χ1n) is 8.07. The molecular formula is C19H23NO4. The summed E-state index contributed by atoms with van der Waals surface area (Å²) < 4.78 is 5.89. The van der Waals surface area contributed by atoms with Crippen LogP contribution in [-0.4, -0.2) is 40.6 Å². The monoisotopic (exact) mass is 329 g/mol. The average molecular weight is 329 g/mol. The Kier molecular flexibility index (Phi) is 5.79. The second-order valence-corrected chi connectivity index (χ2v) is 6.01. The number of carbonyl (C=O) groups is 2. The van der Waals surface area contributed by atoms with Gasteiger partial charge in [0.15, 0.2) is 6.10 Å². The van der Waals surface area contributed by atoms with E-state index in [0.29, 0.717) is 5.75 Å². The Labute approximate surface area is 141 Å². The van der Waals surface area contributed by atoms with E-state index in [0.717, 1.165) is 10.8 Å². The molecule has 1 atom stereocenters. The van der Waals surface area contributed by atoms with Crippen LogP contribution in [0.5, 0.6) is 5.75 Å². The number of hydrogen-bond acceptors (Lipinski definition) is 3. The van der Waals surface area contributed by atoms with Crippen LogP contribution in [0, 0.1) is 0 Å². The van der Waals surface area contributed by atoms with Gasteiger partial charge in [-0.2, -0.15) is 0 Å². The van der Waals surface area contributed by atoms with Crippen molar-refractivity contribution in [3.63, 3.8) is 0 Å². The molecule has 0 heterocycles. The molecule has 24 heavy (non-hydrogen) atoms. The Hall–Kier alpha value is -2.56. The lowest BCUT2D eigenvalue weighted by Gasteiger charge is -2.29. The van der Waals surface area contributed by atoms with Crippen LogP contribution in [0.4, 0.5) is 0 Å². The molecule has 0 aromatic heterocycles. The highest BCUT2D eigenvalue weighted by atomic mass is 16.5. The Morgan fingerprint density at radius 1 is 1.08 bits per heavy atom. The SMILES string of the molecule is CC(Oc1cccc2ccccc12)C(=O)N(CCC(=O)O)C(C)C. The Morgan fingerprint density at radius 2 is 1.75 bits per heavy atom. The van der Waals surface area contributed by atoms with Crippen LogP contribution in [-0.2, 0) is 9.59 Å². The van der Waals surface area contributed by atoms with E-state index in [2.05, 4.69) is 0 Å². The van der Waals surface area contributed by atoms with Crippen LogP contribution in [0.2, 0.25) is 0 Å². The second-order valence-electron chi connectivity index (χ2n) is 6.01. The number of fused-ring (bicyclic) bond motifs is 1. The third kappa shape index (κ3) is 4.25. The van der Waals surface area contributed by atoms with E-state index in [1.165, 1.54) is 0 Å². The maximum atomic E-state index is 12.6. The minimum atomic E-state index is -0.920. The van der Waals surface area contributed by atoms with Crippen molar-refractivity contribution in [3.05, 3.63) is 42.5 Å². The summed E-state index contributed by atoms with van der Waals surface area (Å²) >= 11 is 0. The van der Waals surface area contributed by atoms with Crippen LogP contribution in [0.3, 0.4) is 0 Å². The number of carboxylic acids is 1. The molecule has 1 amide bonds. The zero-order valence-electron chi connectivity index (χ0n) is 14.2. The lowest BCUT2D eigenvalue weighted by Crippen LogP contribution is -2.45. The van der Waals surface area contributed by atoms with Crippen LogP contribution in [0.15, 0.2) is 42.5 Å². The molecule has 5 nitrogen and oxygen atoms in total. The molecule has 128 valence electrons. The molecule has 0 aliphatic carbocycles. The zero-order chi connectivity index (χ0) is 17.7. The van der Waals surface area contributed by atoms with Crippen molar-refractivity contribution in [2.75, 3.05) is 6.54 Å². The van der Waals surface area contributed by atoms with Crippen molar-refractivity contribution in [2.45, 2.75) is 39.3 Å². The van der Waals surface area contributed by atoms with Gasteiger partial charge in [-0.15, -0.1) is 0 Å². The number of nitrogens with zero attached hydrogens (tertiary/aromatic N) is 1. The van der Waals surface area contributed by atoms with E-state index >= 15 is 0 Å². The summed E-state index contributed by atoms with van der Waals surface area (Å²) in [6.45, 7) is 5.60. The van der Waals surface area contributed by atoms with Gasteiger partial charge in [0.05, 0.1) is 6.42 Å². The molecule has 5 heteroatoms. The van der Waals surface area contributed by atoms with Crippen molar-refractivity contribution in [1.29, 1.82) is 0 Å². The number of benzene rings is 2. The molecule has 0 saturated heterocycles. The van der Waals surface area contributed by atoms with Gasteiger partial charge < -0.3 is 14.7 Å². The largest absolute Gasteiger partial charge is 0.481 e. The summed E-state index contributed by atoms with van der Waals surface area (Å²) in [5.74, 6) is -0.480. The molecule has 0 bridgehead atoms. The molecular weight excluding hydrogens is 306 g/mol. The predicted molar refractivity (Wildman–Crippen MR) is 93.1 cm³/mol. The number of rotatable bonds is 7. The van der Waals surface area contributed by atoms with Crippen molar-refractivity contribution >= 4 is 22.6 Å². The van der Waals surface area contributed by atoms with Gasteiger partial charge in [-0.1, -0.05) is 36.4 Å². The third-order valence-corrected chi connectivity index (χ3v) is 3.87. The number of ether oxygens (including phenoxy) is 1. The van der Waals surface area contributed by atoms with Crippen LogP contribution in [0.25, 0.3) is 10.8 Å². The molecule has 2 aromatic carbocycles. The molecule has 0 aliphatic rings. The van der Waals surface area contributed by atoms with Crippen molar-refractivity contribution < 1.29 is 19.4 Å². The first-order chi connectivity index (χ1) is 11.4. The van der Waals surface area contributed by atoms with Gasteiger partial charge in [-0.05, 0) is 32.2 Å². The maximum Gasteiger partial charge on any atom is 0.305 e. The molecule has 2 rings (SSSR count). The van der Waals surface area contributed by atoms with E-state index in [9.17, 15) is 9.59 Å². The third-order valence-electron chi connectivity index (χ3n) is 3.87. The number of amides is 1. The highest BCUT2D eigenvalue weighted by molar-refractivity contribution is 5.89. The molecule has 0 saturated carbocycles. The maximum absolute atomic E-state index is 12.6. The fourth-order valence-corrected chi connectivity index (χ4v) is 2.61. The van der Waals surface area contributed by atoms with Gasteiger partial charge in [-0.25, -0.2) is 0 Å². The van der Waals surface area contributed by atoms with Gasteiger partial charge in [0, 0.05) is 18.0 Å². The predicted octanol–water partition coefficient (Wildman–Crippen LogP) is 3.32. The summed E-state index contributed by atoms with van der Waals surface area (Å²) in [4.78, 5) is 25.0. The minimum absolute atomic E-state index is 0.0785. The molecule has 0 spiro atoms. The highest BCUT2D eigenvalue weighted by Gasteiger charge is 2.25. The Balaban J connectivity index is 2.15. The van der Waals surface area contributed by atoms with Gasteiger partial charge in [0.1, 0.15) is 5.75 Å². The van der Waals surface area contributed by atoms with E-state index in [-0.39, 0.29) is 24.9 Å². The molecule has 1 N–H and O–H groups in total. The van der Waals surface area contributed by atoms with Crippen LogP contribution >= 0.6 is 0 Å². The van der Waals surface area contributed by atoms with Crippen molar-refractivity contribution in [1.82, 2.24) is 4.90 Å². The summed E-state index contributed by atoms with van der Waals surface area (Å²) in [5, 5.41) is 10.8. The summed E-state index contributed by atoms with van der Waals surface area (Å²) in [5.41, 5.74) is 0. The van der Waals surface area contributed by atoms with E-state index in [1.807, 2.05) is 56.3 Å². The Bertz CT molecular complexity index is 721. The molecule has 0 fully saturated rings. The lowest BCUT2D eigenvalue weighted by atomic mass is 10.1. The quantitative estimate of drug-likeness (QED) is 0.846. The van der Waals surface area contributed by atoms with Gasteiger partial charge >= 0.3 is 5.97 Å². The number of carboxylic acid groups (broad SMARTS) is 1. The zero-order valence-corrected chi connectivity index (χ0v) is 14.2. The van der Waals surface area contributed by atoms with Crippen molar-refractivity contribution in [2.24, 2.45) is 0 Å². The van der Waals surface area contributed by atoms with E-state index in [1.54, 1.807) is 11.8 Å². The van der Waals surface area contributed by atoms with Gasteiger partial charge in [0.25, 0.3) is 5.91 Å². The normalized spacial score (nSPS) is 12.2. The summed E-state index contributed by atoms with van der Waals surface area (Å²) in [7, 11) is 0. The standard InChI is InChI=1S/C19H23NO4/c1-13(2)20(12-11-18(21)22)19(23)14(3)24-17-10-6-8-15-7-4-5-9-16(15)17/h4-10,13-14H,11-12H2,1-3H3,(H,21,22). The van der Waals surface area contributed by atoms with E-state index < -0.39 is 12.1 Å². The number of hydrogen-bond donors (Lipinski definition) is 1. The average Bonchev–Trinajstić information content (AvgIpc) is 2.54. The second kappa shape index (κ2) is 7.81.